The summed E-state index contributed by atoms with van der Waals surface area (Å²) < 4.78 is 5.89. The molecule has 0 bridgehead atoms. The second-order valence-corrected chi connectivity index (χ2v) is 6.25. The van der Waals surface area contributed by atoms with Crippen LogP contribution in [0.25, 0.3) is 0 Å². The first kappa shape index (κ1) is 17.9. The molecule has 1 amide bonds. The number of amides is 1. The molecule has 0 aliphatic heterocycles. The number of ether oxygens (including phenoxy) is 1. The summed E-state index contributed by atoms with van der Waals surface area (Å²) >= 11 is 0. The van der Waals surface area contributed by atoms with Crippen LogP contribution in [0.1, 0.15) is 35.6 Å². The minimum Gasteiger partial charge on any atom is -0.505 e. The van der Waals surface area contributed by atoms with Crippen molar-refractivity contribution < 1.29 is 14.6 Å². The third-order valence-electron chi connectivity index (χ3n) is 3.97. The molecule has 4 heteroatoms. The number of anilines is 1. The Morgan fingerprint density at radius 2 is 1.75 bits per heavy atom. The number of benzene rings is 2. The third-order valence-corrected chi connectivity index (χ3v) is 3.97. The number of nitrogens with one attached hydrogen (secondary N) is 1. The van der Waals surface area contributed by atoms with Crippen LogP contribution in [0.4, 0.5) is 5.69 Å². The number of phenols is 1. The maximum atomic E-state index is 12.6. The van der Waals surface area contributed by atoms with E-state index < -0.39 is 6.10 Å². The zero-order valence-corrected chi connectivity index (χ0v) is 14.9. The molecular formula is C20H25NO3. The van der Waals surface area contributed by atoms with Gasteiger partial charge >= 0.3 is 0 Å². The fourth-order valence-electron chi connectivity index (χ4n) is 2.68. The van der Waals surface area contributed by atoms with E-state index >= 15 is 0 Å². The zero-order valence-electron chi connectivity index (χ0n) is 14.9. The predicted molar refractivity (Wildman–Crippen MR) is 96.8 cm³/mol. The SMILES string of the molecule is CCC(Oc1ccc(C)cc1C)C(=O)Nc1cc(C)cc(C)c1O. The molecule has 0 heterocycles. The molecule has 0 radical (unpaired) electrons. The molecule has 4 nitrogen and oxygen atoms in total. The van der Waals surface area contributed by atoms with Crippen LogP contribution >= 0.6 is 0 Å². The fraction of sp³-hybridized carbons (Fsp3) is 0.350. The van der Waals surface area contributed by atoms with Crippen molar-refractivity contribution in [1.29, 1.82) is 0 Å². The predicted octanol–water partition coefficient (Wildman–Crippen LogP) is 4.42. The Labute approximate surface area is 143 Å². The summed E-state index contributed by atoms with van der Waals surface area (Å²) in [6.07, 6.45) is -0.0864. The summed E-state index contributed by atoms with van der Waals surface area (Å²) in [4.78, 5) is 12.6. The number of hydrogen-bond acceptors (Lipinski definition) is 3. The van der Waals surface area contributed by atoms with E-state index in [-0.39, 0.29) is 11.7 Å². The lowest BCUT2D eigenvalue weighted by molar-refractivity contribution is -0.122. The quantitative estimate of drug-likeness (QED) is 0.799. The lowest BCUT2D eigenvalue weighted by Gasteiger charge is -2.19. The molecule has 2 aromatic carbocycles. The first-order chi connectivity index (χ1) is 11.3. The van der Waals surface area contributed by atoms with Crippen molar-refractivity contribution in [2.45, 2.75) is 47.1 Å². The van der Waals surface area contributed by atoms with E-state index in [2.05, 4.69) is 5.32 Å². The van der Waals surface area contributed by atoms with Gasteiger partial charge < -0.3 is 15.2 Å². The Kier molecular flexibility index (Phi) is 5.50. The van der Waals surface area contributed by atoms with Crippen LogP contribution < -0.4 is 10.1 Å². The molecule has 128 valence electrons. The van der Waals surface area contributed by atoms with Crippen molar-refractivity contribution in [3.05, 3.63) is 52.6 Å². The van der Waals surface area contributed by atoms with Crippen LogP contribution in [-0.2, 0) is 4.79 Å². The zero-order chi connectivity index (χ0) is 17.9. The Balaban J connectivity index is 2.17. The van der Waals surface area contributed by atoms with Crippen molar-refractivity contribution in [3.63, 3.8) is 0 Å². The largest absolute Gasteiger partial charge is 0.505 e. The van der Waals surface area contributed by atoms with E-state index in [1.54, 1.807) is 13.0 Å². The topological polar surface area (TPSA) is 58.6 Å². The summed E-state index contributed by atoms with van der Waals surface area (Å²) in [6.45, 7) is 9.61. The first-order valence-corrected chi connectivity index (χ1v) is 8.16. The number of carbonyl (C=O) groups excluding carboxylic acids is 1. The molecule has 0 saturated heterocycles. The van der Waals surface area contributed by atoms with Crippen molar-refractivity contribution in [2.24, 2.45) is 0 Å². The van der Waals surface area contributed by atoms with Gasteiger partial charge in [0.1, 0.15) is 11.5 Å². The maximum Gasteiger partial charge on any atom is 0.265 e. The van der Waals surface area contributed by atoms with Gasteiger partial charge in [0, 0.05) is 0 Å². The normalized spacial score (nSPS) is 11.9. The van der Waals surface area contributed by atoms with Crippen LogP contribution in [0.2, 0.25) is 0 Å². The molecule has 2 rings (SSSR count). The summed E-state index contributed by atoms with van der Waals surface area (Å²) in [5.74, 6) is 0.528. The summed E-state index contributed by atoms with van der Waals surface area (Å²) in [5, 5.41) is 12.9. The van der Waals surface area contributed by atoms with Crippen molar-refractivity contribution in [3.8, 4) is 11.5 Å². The first-order valence-electron chi connectivity index (χ1n) is 8.16. The molecule has 24 heavy (non-hydrogen) atoms. The molecular weight excluding hydrogens is 302 g/mol. The Hall–Kier alpha value is -2.49. The van der Waals surface area contributed by atoms with Gasteiger partial charge in [0.25, 0.3) is 5.91 Å². The van der Waals surface area contributed by atoms with Crippen LogP contribution in [0, 0.1) is 27.7 Å². The molecule has 0 aliphatic rings. The second kappa shape index (κ2) is 7.39. The molecule has 2 aromatic rings. The second-order valence-electron chi connectivity index (χ2n) is 6.25. The molecule has 0 aliphatic carbocycles. The van der Waals surface area contributed by atoms with Crippen molar-refractivity contribution >= 4 is 11.6 Å². The van der Waals surface area contributed by atoms with Gasteiger partial charge in [-0.25, -0.2) is 0 Å². The van der Waals surface area contributed by atoms with E-state index in [1.165, 1.54) is 0 Å². The Morgan fingerprint density at radius 1 is 1.08 bits per heavy atom. The van der Waals surface area contributed by atoms with E-state index in [0.717, 1.165) is 22.3 Å². The van der Waals surface area contributed by atoms with Gasteiger partial charge in [-0.2, -0.15) is 0 Å². The minimum absolute atomic E-state index is 0.0929. The number of phenolic OH excluding ortho intramolecular Hbond substituents is 1. The number of aryl methyl sites for hydroxylation is 4. The lowest BCUT2D eigenvalue weighted by atomic mass is 10.1. The van der Waals surface area contributed by atoms with E-state index in [4.69, 9.17) is 4.74 Å². The van der Waals surface area contributed by atoms with E-state index in [9.17, 15) is 9.90 Å². The smallest absolute Gasteiger partial charge is 0.265 e. The van der Waals surface area contributed by atoms with Crippen LogP contribution in [-0.4, -0.2) is 17.1 Å². The Bertz CT molecular complexity index is 753. The van der Waals surface area contributed by atoms with Crippen molar-refractivity contribution in [1.82, 2.24) is 0 Å². The van der Waals surface area contributed by atoms with E-state index in [1.807, 2.05) is 52.0 Å². The summed E-state index contributed by atoms with van der Waals surface area (Å²) in [6, 6.07) is 9.49. The molecule has 0 fully saturated rings. The minimum atomic E-state index is -0.619. The average molecular weight is 327 g/mol. The van der Waals surface area contributed by atoms with Crippen LogP contribution in [0.3, 0.4) is 0 Å². The fourth-order valence-corrected chi connectivity index (χ4v) is 2.68. The third kappa shape index (κ3) is 4.07. The lowest BCUT2D eigenvalue weighted by Crippen LogP contribution is -2.32. The van der Waals surface area contributed by atoms with Gasteiger partial charge in [0.05, 0.1) is 5.69 Å². The summed E-state index contributed by atoms with van der Waals surface area (Å²) in [7, 11) is 0. The van der Waals surface area contributed by atoms with Crippen LogP contribution in [0.5, 0.6) is 11.5 Å². The van der Waals surface area contributed by atoms with Gasteiger partial charge in [-0.05, 0) is 62.9 Å². The highest BCUT2D eigenvalue weighted by Gasteiger charge is 2.21. The molecule has 2 N–H and O–H groups in total. The number of carbonyl (C=O) groups is 1. The molecule has 1 atom stereocenters. The molecule has 1 unspecified atom stereocenters. The number of aromatic hydroxyl groups is 1. The van der Waals surface area contributed by atoms with Gasteiger partial charge in [-0.15, -0.1) is 0 Å². The molecule has 0 aromatic heterocycles. The molecule has 0 saturated carbocycles. The highest BCUT2D eigenvalue weighted by molar-refractivity contribution is 5.96. The monoisotopic (exact) mass is 327 g/mol. The average Bonchev–Trinajstić information content (AvgIpc) is 2.51. The Morgan fingerprint density at radius 3 is 2.38 bits per heavy atom. The molecule has 0 spiro atoms. The highest BCUT2D eigenvalue weighted by Crippen LogP contribution is 2.29. The van der Waals surface area contributed by atoms with E-state index in [0.29, 0.717) is 17.9 Å². The maximum absolute atomic E-state index is 12.6. The van der Waals surface area contributed by atoms with Gasteiger partial charge in [0.15, 0.2) is 6.10 Å². The van der Waals surface area contributed by atoms with Crippen molar-refractivity contribution in [2.75, 3.05) is 5.32 Å². The van der Waals surface area contributed by atoms with Gasteiger partial charge in [-0.1, -0.05) is 30.7 Å². The number of rotatable bonds is 5. The standard InChI is InChI=1S/C20H25NO3/c1-6-17(24-18-8-7-12(2)9-14(18)4)20(23)21-16-11-13(3)10-15(5)19(16)22/h7-11,17,22H,6H2,1-5H3,(H,21,23). The van der Waals surface area contributed by atoms with Crippen LogP contribution in [0.15, 0.2) is 30.3 Å². The highest BCUT2D eigenvalue weighted by atomic mass is 16.5. The van der Waals surface area contributed by atoms with Gasteiger partial charge in [0.2, 0.25) is 0 Å². The summed E-state index contributed by atoms with van der Waals surface area (Å²) in [5.41, 5.74) is 4.27. The van der Waals surface area contributed by atoms with Gasteiger partial charge in [-0.3, -0.25) is 4.79 Å². The number of hydrogen-bond donors (Lipinski definition) is 2.